The summed E-state index contributed by atoms with van der Waals surface area (Å²) >= 11 is 6.25. The third-order valence-corrected chi connectivity index (χ3v) is 8.91. The second-order valence-electron chi connectivity index (χ2n) is 11.7. The summed E-state index contributed by atoms with van der Waals surface area (Å²) in [7, 11) is -2.32. The van der Waals surface area contributed by atoms with E-state index in [1.807, 2.05) is 13.8 Å². The van der Waals surface area contributed by atoms with Crippen molar-refractivity contribution in [3.8, 4) is 0 Å². The molecule has 0 fully saturated rings. The Labute approximate surface area is 270 Å². The summed E-state index contributed by atoms with van der Waals surface area (Å²) in [6.07, 6.45) is -0.161. The molecule has 3 aromatic rings. The maximum atomic E-state index is 13.5. The number of carbonyl (C=O) groups excluding carboxylic acids is 3. The lowest BCUT2D eigenvalue weighted by atomic mass is 10.0. The van der Waals surface area contributed by atoms with Crippen LogP contribution >= 0.6 is 11.6 Å². The van der Waals surface area contributed by atoms with Gasteiger partial charge >= 0.3 is 12.1 Å². The predicted molar refractivity (Wildman–Crippen MR) is 173 cm³/mol. The molecule has 3 aromatic carbocycles. The lowest BCUT2D eigenvalue weighted by molar-refractivity contribution is -0.150. The van der Waals surface area contributed by atoms with Gasteiger partial charge in [0, 0.05) is 30.1 Å². The molecule has 45 heavy (non-hydrogen) atoms. The van der Waals surface area contributed by atoms with Gasteiger partial charge < -0.3 is 19.7 Å². The standard InChI is InChI=1S/C34H41ClN2O7S/c1-7-9-31(38)43-30(26-10-8-11-27(35)21-26)22-37(33(40)44-34(3,4)5)23(2)20-24-12-16-28(17-13-24)45(41,42)29-18-14-25(15-19-29)32(39)36-6/h8,10-19,21,23,30H,7,9,20,22H2,1-6H3,(H,36,39). The fraction of sp³-hybridized carbons (Fsp3) is 0.382. The van der Waals surface area contributed by atoms with Crippen LogP contribution < -0.4 is 5.32 Å². The number of rotatable bonds is 12. The number of ether oxygens (including phenoxy) is 2. The molecule has 0 aliphatic rings. The maximum absolute atomic E-state index is 13.5. The van der Waals surface area contributed by atoms with Gasteiger partial charge in [0.15, 0.2) is 0 Å². The molecular formula is C34H41ClN2O7S. The van der Waals surface area contributed by atoms with E-state index in [-0.39, 0.29) is 34.6 Å². The van der Waals surface area contributed by atoms with Gasteiger partial charge in [0.05, 0.1) is 16.3 Å². The first-order chi connectivity index (χ1) is 21.1. The Morgan fingerprint density at radius 2 is 1.56 bits per heavy atom. The average molecular weight is 657 g/mol. The van der Waals surface area contributed by atoms with Gasteiger partial charge in [0.25, 0.3) is 5.91 Å². The van der Waals surface area contributed by atoms with Crippen molar-refractivity contribution in [2.24, 2.45) is 0 Å². The van der Waals surface area contributed by atoms with Crippen molar-refractivity contribution in [2.45, 2.75) is 81.4 Å². The average Bonchev–Trinajstić information content (AvgIpc) is 2.98. The first kappa shape index (κ1) is 35.6. The van der Waals surface area contributed by atoms with Crippen molar-refractivity contribution in [1.82, 2.24) is 10.2 Å². The minimum Gasteiger partial charge on any atom is -0.456 e. The fourth-order valence-electron chi connectivity index (χ4n) is 4.59. The number of halogens is 1. The molecule has 2 unspecified atom stereocenters. The molecule has 0 heterocycles. The number of esters is 1. The molecule has 1 N–H and O–H groups in total. The molecule has 0 aliphatic heterocycles. The zero-order valence-corrected chi connectivity index (χ0v) is 28.1. The van der Waals surface area contributed by atoms with Crippen molar-refractivity contribution >= 4 is 39.4 Å². The van der Waals surface area contributed by atoms with Crippen LogP contribution in [0.1, 0.15) is 75.0 Å². The van der Waals surface area contributed by atoms with Gasteiger partial charge in [-0.1, -0.05) is 42.8 Å². The summed E-state index contributed by atoms with van der Waals surface area (Å²) < 4.78 is 38.0. The third kappa shape index (κ3) is 10.1. The maximum Gasteiger partial charge on any atom is 0.410 e. The fourth-order valence-corrected chi connectivity index (χ4v) is 6.05. The highest BCUT2D eigenvalue weighted by molar-refractivity contribution is 7.91. The molecule has 0 saturated heterocycles. The quantitative estimate of drug-likeness (QED) is 0.213. The van der Waals surface area contributed by atoms with Gasteiger partial charge in [-0.05, 0) is 100 Å². The molecule has 9 nitrogen and oxygen atoms in total. The highest BCUT2D eigenvalue weighted by Crippen LogP contribution is 2.27. The Bertz CT molecular complexity index is 1580. The highest BCUT2D eigenvalue weighted by Gasteiger charge is 2.31. The number of amides is 2. The van der Waals surface area contributed by atoms with Crippen LogP contribution in [-0.2, 0) is 30.5 Å². The van der Waals surface area contributed by atoms with Crippen molar-refractivity contribution in [1.29, 1.82) is 0 Å². The van der Waals surface area contributed by atoms with Gasteiger partial charge in [0.2, 0.25) is 9.84 Å². The second kappa shape index (κ2) is 15.4. The molecule has 11 heteroatoms. The van der Waals surface area contributed by atoms with Gasteiger partial charge in [-0.3, -0.25) is 9.59 Å². The first-order valence-corrected chi connectivity index (χ1v) is 16.6. The van der Waals surface area contributed by atoms with Gasteiger partial charge in [-0.25, -0.2) is 13.2 Å². The van der Waals surface area contributed by atoms with Crippen LogP contribution in [0.5, 0.6) is 0 Å². The van der Waals surface area contributed by atoms with E-state index in [9.17, 15) is 22.8 Å². The zero-order chi connectivity index (χ0) is 33.4. The van der Waals surface area contributed by atoms with Crippen LogP contribution in [0.2, 0.25) is 5.02 Å². The summed E-state index contributed by atoms with van der Waals surface area (Å²) in [4.78, 5) is 39.6. The van der Waals surface area contributed by atoms with Crippen LogP contribution in [0.25, 0.3) is 0 Å². The van der Waals surface area contributed by atoms with Gasteiger partial charge in [0.1, 0.15) is 11.7 Å². The molecule has 242 valence electrons. The third-order valence-electron chi connectivity index (χ3n) is 6.89. The number of nitrogens with one attached hydrogen (secondary N) is 1. The number of nitrogens with zero attached hydrogens (tertiary/aromatic N) is 1. The lowest BCUT2D eigenvalue weighted by Gasteiger charge is -2.34. The molecule has 0 aliphatic carbocycles. The Balaban J connectivity index is 1.87. The molecule has 2 amide bonds. The molecule has 0 spiro atoms. The van der Waals surface area contributed by atoms with Crippen LogP contribution in [0.15, 0.2) is 82.6 Å². The Hall–Kier alpha value is -3.89. The molecule has 2 atom stereocenters. The van der Waals surface area contributed by atoms with E-state index < -0.39 is 33.7 Å². The minimum atomic E-state index is -3.83. The summed E-state index contributed by atoms with van der Waals surface area (Å²) in [6, 6.07) is 18.7. The number of hydrogen-bond donors (Lipinski definition) is 1. The minimum absolute atomic E-state index is 0.0182. The summed E-state index contributed by atoms with van der Waals surface area (Å²) in [5.41, 5.74) is 1.01. The van der Waals surface area contributed by atoms with Crippen LogP contribution in [0.3, 0.4) is 0 Å². The van der Waals surface area contributed by atoms with Gasteiger partial charge in [-0.15, -0.1) is 0 Å². The topological polar surface area (TPSA) is 119 Å². The largest absolute Gasteiger partial charge is 0.456 e. The molecule has 3 rings (SSSR count). The van der Waals surface area contributed by atoms with Crippen molar-refractivity contribution < 1.29 is 32.3 Å². The van der Waals surface area contributed by atoms with E-state index in [0.29, 0.717) is 29.0 Å². The second-order valence-corrected chi connectivity index (χ2v) is 14.1. The zero-order valence-electron chi connectivity index (χ0n) is 26.5. The molecule has 0 bridgehead atoms. The molecule has 0 saturated carbocycles. The monoisotopic (exact) mass is 656 g/mol. The summed E-state index contributed by atoms with van der Waals surface area (Å²) in [6.45, 7) is 9.07. The van der Waals surface area contributed by atoms with E-state index >= 15 is 0 Å². The van der Waals surface area contributed by atoms with Crippen LogP contribution in [-0.4, -0.2) is 56.5 Å². The first-order valence-electron chi connectivity index (χ1n) is 14.7. The van der Waals surface area contributed by atoms with Crippen molar-refractivity contribution in [3.05, 3.63) is 94.5 Å². The van der Waals surface area contributed by atoms with Crippen molar-refractivity contribution in [2.75, 3.05) is 13.6 Å². The smallest absolute Gasteiger partial charge is 0.410 e. The lowest BCUT2D eigenvalue weighted by Crippen LogP contribution is -2.45. The summed E-state index contributed by atoms with van der Waals surface area (Å²) in [5.74, 6) is -0.699. The van der Waals surface area contributed by atoms with Crippen molar-refractivity contribution in [3.63, 3.8) is 0 Å². The molecular weight excluding hydrogens is 616 g/mol. The highest BCUT2D eigenvalue weighted by atomic mass is 35.5. The number of hydrogen-bond acceptors (Lipinski definition) is 7. The molecule has 0 aromatic heterocycles. The Morgan fingerprint density at radius 3 is 2.09 bits per heavy atom. The van der Waals surface area contributed by atoms with E-state index in [4.69, 9.17) is 21.1 Å². The molecule has 0 radical (unpaired) electrons. The van der Waals surface area contributed by atoms with Crippen LogP contribution in [0, 0.1) is 0 Å². The van der Waals surface area contributed by atoms with E-state index in [1.54, 1.807) is 57.2 Å². The van der Waals surface area contributed by atoms with Crippen LogP contribution in [0.4, 0.5) is 4.79 Å². The van der Waals surface area contributed by atoms with E-state index in [2.05, 4.69) is 5.32 Å². The van der Waals surface area contributed by atoms with E-state index in [0.717, 1.165) is 5.56 Å². The SMILES string of the molecule is CCCC(=O)OC(CN(C(=O)OC(C)(C)C)C(C)Cc1ccc(S(=O)(=O)c2ccc(C(=O)NC)cc2)cc1)c1cccc(Cl)c1. The predicted octanol–water partition coefficient (Wildman–Crippen LogP) is 6.79. The summed E-state index contributed by atoms with van der Waals surface area (Å²) in [5, 5.41) is 2.98. The number of benzene rings is 3. The normalized spacial score (nSPS) is 13.0. The Kier molecular flexibility index (Phi) is 12.2. The van der Waals surface area contributed by atoms with Gasteiger partial charge in [-0.2, -0.15) is 0 Å². The van der Waals surface area contributed by atoms with E-state index in [1.165, 1.54) is 48.3 Å². The number of sulfone groups is 1. The number of carbonyl (C=O) groups is 3. The Morgan fingerprint density at radius 1 is 0.956 bits per heavy atom.